The van der Waals surface area contributed by atoms with E-state index in [2.05, 4.69) is 5.32 Å². The number of hydrogen-bond acceptors (Lipinski definition) is 5. The fraction of sp³-hybridized carbons (Fsp3) is 0.263. The molecule has 0 saturated carbocycles. The first-order chi connectivity index (χ1) is 12.8. The van der Waals surface area contributed by atoms with Crippen LogP contribution in [0.1, 0.15) is 15.9 Å². The van der Waals surface area contributed by atoms with Crippen molar-refractivity contribution in [2.24, 2.45) is 0 Å². The normalized spacial score (nSPS) is 9.86. The number of benzene rings is 2. The summed E-state index contributed by atoms with van der Waals surface area (Å²) in [5, 5.41) is 3.08. The summed E-state index contributed by atoms with van der Waals surface area (Å²) in [6, 6.07) is 10.1. The number of amides is 2. The molecule has 0 radical (unpaired) electrons. The summed E-state index contributed by atoms with van der Waals surface area (Å²) < 4.78 is 10.7. The molecule has 0 aliphatic heterocycles. The molecule has 0 aliphatic rings. The van der Waals surface area contributed by atoms with Crippen molar-refractivity contribution in [2.45, 2.75) is 6.54 Å². The summed E-state index contributed by atoms with van der Waals surface area (Å²) in [4.78, 5) is 25.5. The lowest BCUT2D eigenvalue weighted by Crippen LogP contribution is -2.27. The van der Waals surface area contributed by atoms with Crippen LogP contribution >= 0.6 is 24.0 Å². The summed E-state index contributed by atoms with van der Waals surface area (Å²) in [6.45, 7) is 0.215. The predicted octanol–water partition coefficient (Wildman–Crippen LogP) is 2.75. The molecule has 2 rings (SSSR count). The Morgan fingerprint density at radius 1 is 1.21 bits per heavy atom. The molecule has 0 fully saturated rings. The van der Waals surface area contributed by atoms with Gasteiger partial charge in [0.05, 0.1) is 23.4 Å². The molecule has 0 saturated heterocycles. The third kappa shape index (κ3) is 6.21. The molecule has 9 heteroatoms. The highest BCUT2D eigenvalue weighted by atomic mass is 35.5. The minimum Gasteiger partial charge on any atom is -0.496 e. The standard InChI is InChI=1S/C19H22ClN3O4.ClH/c1-23(2)18(24)11-27-13-6-4-5-12(7-13)10-22-19(25)14-8-15(20)16(21)9-17(14)26-3;/h4-9H,10-11,21H2,1-3H3,(H,22,25);1H. The molecule has 2 aromatic rings. The number of carbonyl (C=O) groups is 2. The zero-order chi connectivity index (χ0) is 20.0. The van der Waals surface area contributed by atoms with Crippen molar-refractivity contribution in [3.8, 4) is 11.5 Å². The van der Waals surface area contributed by atoms with Crippen LogP contribution < -0.4 is 20.5 Å². The average Bonchev–Trinajstić information content (AvgIpc) is 2.66. The molecule has 2 aromatic carbocycles. The topological polar surface area (TPSA) is 93.9 Å². The van der Waals surface area contributed by atoms with E-state index in [1.165, 1.54) is 24.1 Å². The fourth-order valence-corrected chi connectivity index (χ4v) is 2.38. The molecule has 0 bridgehead atoms. The lowest BCUT2D eigenvalue weighted by molar-refractivity contribution is -0.130. The van der Waals surface area contributed by atoms with Crippen LogP contribution in [-0.4, -0.2) is 44.5 Å². The Kier molecular flexibility index (Phi) is 8.88. The minimum absolute atomic E-state index is 0. The van der Waals surface area contributed by atoms with E-state index < -0.39 is 0 Å². The second-order valence-electron chi connectivity index (χ2n) is 5.98. The van der Waals surface area contributed by atoms with Crippen LogP contribution in [0.5, 0.6) is 11.5 Å². The zero-order valence-corrected chi connectivity index (χ0v) is 17.4. The van der Waals surface area contributed by atoms with E-state index in [0.717, 1.165) is 5.56 Å². The summed E-state index contributed by atoms with van der Waals surface area (Å²) in [7, 11) is 4.78. The smallest absolute Gasteiger partial charge is 0.259 e. The molecule has 0 atom stereocenters. The molecule has 0 aromatic heterocycles. The summed E-state index contributed by atoms with van der Waals surface area (Å²) in [5.74, 6) is 0.405. The SMILES string of the molecule is COc1cc(N)c(Cl)cc1C(=O)NCc1cccc(OCC(=O)N(C)C)c1.Cl. The number of methoxy groups -OCH3 is 1. The molecular weight excluding hydrogens is 405 g/mol. The number of ether oxygens (including phenoxy) is 2. The van der Waals surface area contributed by atoms with Crippen molar-refractivity contribution < 1.29 is 19.1 Å². The molecule has 0 heterocycles. The Labute approximate surface area is 175 Å². The molecular formula is C19H23Cl2N3O4. The molecule has 0 aliphatic carbocycles. The van der Waals surface area contributed by atoms with Crippen LogP contribution in [0.4, 0.5) is 5.69 Å². The van der Waals surface area contributed by atoms with Crippen LogP contribution in [0.25, 0.3) is 0 Å². The number of rotatable bonds is 7. The number of nitrogen functional groups attached to an aromatic ring is 1. The van der Waals surface area contributed by atoms with Crippen molar-refractivity contribution >= 4 is 41.5 Å². The Morgan fingerprint density at radius 2 is 1.93 bits per heavy atom. The number of likely N-dealkylation sites (N-methyl/N-ethyl adjacent to an activating group) is 1. The van der Waals surface area contributed by atoms with E-state index in [9.17, 15) is 9.59 Å². The lowest BCUT2D eigenvalue weighted by Gasteiger charge is -2.13. The van der Waals surface area contributed by atoms with Gasteiger partial charge in [0.15, 0.2) is 6.61 Å². The van der Waals surface area contributed by atoms with Gasteiger partial charge in [-0.25, -0.2) is 0 Å². The van der Waals surface area contributed by atoms with Gasteiger partial charge in [-0.3, -0.25) is 9.59 Å². The van der Waals surface area contributed by atoms with E-state index in [-0.39, 0.29) is 42.4 Å². The highest BCUT2D eigenvalue weighted by molar-refractivity contribution is 6.33. The van der Waals surface area contributed by atoms with Gasteiger partial charge in [-0.05, 0) is 23.8 Å². The predicted molar refractivity (Wildman–Crippen MR) is 111 cm³/mol. The van der Waals surface area contributed by atoms with Gasteiger partial charge in [0.2, 0.25) is 0 Å². The van der Waals surface area contributed by atoms with Crippen LogP contribution in [-0.2, 0) is 11.3 Å². The second kappa shape index (κ2) is 10.6. The average molecular weight is 428 g/mol. The number of carbonyl (C=O) groups excluding carboxylic acids is 2. The van der Waals surface area contributed by atoms with Crippen LogP contribution in [0, 0.1) is 0 Å². The van der Waals surface area contributed by atoms with Gasteiger partial charge in [0, 0.05) is 26.7 Å². The van der Waals surface area contributed by atoms with Crippen LogP contribution in [0.3, 0.4) is 0 Å². The van der Waals surface area contributed by atoms with Crippen LogP contribution in [0.2, 0.25) is 5.02 Å². The van der Waals surface area contributed by atoms with Gasteiger partial charge in [-0.15, -0.1) is 12.4 Å². The Balaban J connectivity index is 0.00000392. The zero-order valence-electron chi connectivity index (χ0n) is 15.8. The van der Waals surface area contributed by atoms with Crippen molar-refractivity contribution in [3.05, 3.63) is 52.5 Å². The summed E-state index contributed by atoms with van der Waals surface area (Å²) >= 11 is 6.00. The first kappa shape index (κ1) is 23.4. The number of anilines is 1. The van der Waals surface area contributed by atoms with Gasteiger partial charge in [0.25, 0.3) is 11.8 Å². The largest absolute Gasteiger partial charge is 0.496 e. The number of hydrogen-bond donors (Lipinski definition) is 2. The number of halogens is 2. The highest BCUT2D eigenvalue weighted by Crippen LogP contribution is 2.28. The Bertz CT molecular complexity index is 844. The second-order valence-corrected chi connectivity index (χ2v) is 6.39. The van der Waals surface area contributed by atoms with Crippen molar-refractivity contribution in [1.82, 2.24) is 10.2 Å². The minimum atomic E-state index is -0.345. The molecule has 28 heavy (non-hydrogen) atoms. The third-order valence-corrected chi connectivity index (χ3v) is 4.10. The quantitative estimate of drug-likeness (QED) is 0.662. The molecule has 7 nitrogen and oxygen atoms in total. The fourth-order valence-electron chi connectivity index (χ4n) is 2.21. The third-order valence-electron chi connectivity index (χ3n) is 3.78. The van der Waals surface area contributed by atoms with Crippen molar-refractivity contribution in [2.75, 3.05) is 33.5 Å². The van der Waals surface area contributed by atoms with E-state index in [1.807, 2.05) is 6.07 Å². The van der Waals surface area contributed by atoms with Gasteiger partial charge >= 0.3 is 0 Å². The Morgan fingerprint density at radius 3 is 2.57 bits per heavy atom. The first-order valence-corrected chi connectivity index (χ1v) is 8.52. The van der Waals surface area contributed by atoms with E-state index in [4.69, 9.17) is 26.8 Å². The van der Waals surface area contributed by atoms with E-state index >= 15 is 0 Å². The number of nitrogens with two attached hydrogens (primary N) is 1. The van der Waals surface area contributed by atoms with Gasteiger partial charge in [-0.2, -0.15) is 0 Å². The molecule has 0 spiro atoms. The van der Waals surface area contributed by atoms with Crippen molar-refractivity contribution in [3.63, 3.8) is 0 Å². The molecule has 2 amide bonds. The monoisotopic (exact) mass is 427 g/mol. The Hall–Kier alpha value is -2.64. The van der Waals surface area contributed by atoms with Gasteiger partial charge in [-0.1, -0.05) is 23.7 Å². The molecule has 0 unspecified atom stereocenters. The van der Waals surface area contributed by atoms with Crippen LogP contribution in [0.15, 0.2) is 36.4 Å². The maximum Gasteiger partial charge on any atom is 0.259 e. The lowest BCUT2D eigenvalue weighted by atomic mass is 10.1. The van der Waals surface area contributed by atoms with Gasteiger partial charge < -0.3 is 25.4 Å². The maximum atomic E-state index is 12.5. The number of nitrogens with zero attached hydrogens (tertiary/aromatic N) is 1. The van der Waals surface area contributed by atoms with Crippen molar-refractivity contribution in [1.29, 1.82) is 0 Å². The maximum absolute atomic E-state index is 12.5. The van der Waals surface area contributed by atoms with E-state index in [1.54, 1.807) is 32.3 Å². The number of nitrogens with one attached hydrogen (secondary N) is 1. The highest BCUT2D eigenvalue weighted by Gasteiger charge is 2.15. The molecule has 3 N–H and O–H groups in total. The molecule has 152 valence electrons. The summed E-state index contributed by atoms with van der Waals surface area (Å²) in [5.41, 5.74) is 7.18. The first-order valence-electron chi connectivity index (χ1n) is 8.15. The summed E-state index contributed by atoms with van der Waals surface area (Å²) in [6.07, 6.45) is 0. The van der Waals surface area contributed by atoms with Gasteiger partial charge in [0.1, 0.15) is 11.5 Å². The van der Waals surface area contributed by atoms with E-state index in [0.29, 0.717) is 22.7 Å².